The first-order chi connectivity index (χ1) is 11.5. The van der Waals surface area contributed by atoms with Crippen LogP contribution in [0.5, 0.6) is 0 Å². The van der Waals surface area contributed by atoms with E-state index in [0.717, 1.165) is 30.3 Å². The molecule has 2 unspecified atom stereocenters. The van der Waals surface area contributed by atoms with Gasteiger partial charge in [-0.2, -0.15) is 0 Å². The third-order valence-corrected chi connectivity index (χ3v) is 4.45. The highest BCUT2D eigenvalue weighted by molar-refractivity contribution is 5.86. The molecule has 0 spiro atoms. The molecule has 132 valence electrons. The van der Waals surface area contributed by atoms with Gasteiger partial charge in [-0.3, -0.25) is 4.79 Å². The van der Waals surface area contributed by atoms with Gasteiger partial charge < -0.3 is 15.5 Å². The van der Waals surface area contributed by atoms with Gasteiger partial charge in [0.05, 0.1) is 13.1 Å². The van der Waals surface area contributed by atoms with Gasteiger partial charge in [0.15, 0.2) is 5.96 Å². The van der Waals surface area contributed by atoms with Crippen molar-refractivity contribution in [2.45, 2.75) is 45.2 Å². The van der Waals surface area contributed by atoms with Gasteiger partial charge in [0.25, 0.3) is 0 Å². The van der Waals surface area contributed by atoms with Crippen molar-refractivity contribution >= 4 is 11.9 Å². The molecule has 0 aromatic heterocycles. The fraction of sp³-hybridized carbons (Fsp3) is 0.579. The molecule has 5 heteroatoms. The molecule has 2 atom stereocenters. The Morgan fingerprint density at radius 1 is 1.25 bits per heavy atom. The van der Waals surface area contributed by atoms with Crippen LogP contribution in [-0.4, -0.2) is 43.4 Å². The predicted octanol–water partition coefficient (Wildman–Crippen LogP) is 2.39. The summed E-state index contributed by atoms with van der Waals surface area (Å²) >= 11 is 0. The van der Waals surface area contributed by atoms with Crippen LogP contribution in [0.1, 0.15) is 38.2 Å². The largest absolute Gasteiger partial charge is 0.354 e. The van der Waals surface area contributed by atoms with Crippen LogP contribution in [-0.2, 0) is 11.3 Å². The average Bonchev–Trinajstić information content (AvgIpc) is 2.58. The first-order valence-electron chi connectivity index (χ1n) is 8.83. The molecule has 2 rings (SSSR count). The summed E-state index contributed by atoms with van der Waals surface area (Å²) < 4.78 is 0. The zero-order valence-electron chi connectivity index (χ0n) is 15.1. The average molecular weight is 330 g/mol. The van der Waals surface area contributed by atoms with Crippen molar-refractivity contribution in [2.75, 3.05) is 20.6 Å². The molecule has 1 aromatic rings. The summed E-state index contributed by atoms with van der Waals surface area (Å²) in [5.74, 6) is 1.52. The van der Waals surface area contributed by atoms with Crippen molar-refractivity contribution in [1.29, 1.82) is 0 Å². The highest BCUT2D eigenvalue weighted by Crippen LogP contribution is 2.23. The number of nitrogens with one attached hydrogen (secondary N) is 2. The second-order valence-corrected chi connectivity index (χ2v) is 6.91. The normalized spacial score (nSPS) is 21.2. The molecular formula is C19H30N4O. The lowest BCUT2D eigenvalue weighted by Crippen LogP contribution is -2.47. The fourth-order valence-electron chi connectivity index (χ4n) is 2.98. The summed E-state index contributed by atoms with van der Waals surface area (Å²) in [6.07, 6.45) is 4.88. The van der Waals surface area contributed by atoms with Crippen LogP contribution in [0.15, 0.2) is 35.3 Å². The van der Waals surface area contributed by atoms with E-state index in [1.807, 2.05) is 18.2 Å². The van der Waals surface area contributed by atoms with Gasteiger partial charge in [-0.05, 0) is 24.3 Å². The van der Waals surface area contributed by atoms with Gasteiger partial charge in [0.2, 0.25) is 5.91 Å². The van der Waals surface area contributed by atoms with Crippen LogP contribution in [0.3, 0.4) is 0 Å². The fourth-order valence-corrected chi connectivity index (χ4v) is 2.98. The maximum Gasteiger partial charge on any atom is 0.241 e. The Bertz CT molecular complexity index is 542. The Labute approximate surface area is 145 Å². The molecule has 5 nitrogen and oxygen atoms in total. The second-order valence-electron chi connectivity index (χ2n) is 6.91. The molecule has 0 saturated heterocycles. The third kappa shape index (κ3) is 6.22. The second kappa shape index (κ2) is 9.30. The van der Waals surface area contributed by atoms with Crippen LogP contribution in [0, 0.1) is 5.92 Å². The van der Waals surface area contributed by atoms with Crippen molar-refractivity contribution in [2.24, 2.45) is 10.9 Å². The summed E-state index contributed by atoms with van der Waals surface area (Å²) in [7, 11) is 3.53. The minimum atomic E-state index is 0.0428. The number of hydrogen-bond acceptors (Lipinski definition) is 2. The summed E-state index contributed by atoms with van der Waals surface area (Å²) in [4.78, 5) is 18.1. The number of nitrogens with zero attached hydrogens (tertiary/aromatic N) is 2. The summed E-state index contributed by atoms with van der Waals surface area (Å²) in [5.41, 5.74) is 1.16. The van der Waals surface area contributed by atoms with Gasteiger partial charge in [-0.15, -0.1) is 0 Å². The van der Waals surface area contributed by atoms with E-state index in [-0.39, 0.29) is 12.5 Å². The van der Waals surface area contributed by atoms with Crippen LogP contribution >= 0.6 is 0 Å². The van der Waals surface area contributed by atoms with E-state index in [9.17, 15) is 4.79 Å². The van der Waals surface area contributed by atoms with Gasteiger partial charge in [-0.1, -0.05) is 50.1 Å². The molecule has 1 aromatic carbocycles. The third-order valence-electron chi connectivity index (χ3n) is 4.45. The molecule has 1 saturated carbocycles. The number of benzene rings is 1. The Kier molecular flexibility index (Phi) is 7.09. The highest BCUT2D eigenvalue weighted by Gasteiger charge is 2.20. The van der Waals surface area contributed by atoms with Crippen LogP contribution < -0.4 is 10.6 Å². The van der Waals surface area contributed by atoms with E-state index in [2.05, 4.69) is 34.7 Å². The first kappa shape index (κ1) is 18.3. The lowest BCUT2D eigenvalue weighted by molar-refractivity contribution is -0.127. The standard InChI is InChI=1S/C19H30N4O/c1-15-8-7-11-17(12-15)22-19(21-14-18(24)23(2)3)20-13-16-9-5-4-6-10-16/h4-6,9-10,15,17H,7-8,11-14H2,1-3H3,(H2,20,21,22). The molecule has 0 bridgehead atoms. The van der Waals surface area contributed by atoms with Crippen molar-refractivity contribution in [1.82, 2.24) is 15.5 Å². The van der Waals surface area contributed by atoms with E-state index >= 15 is 0 Å². The molecule has 1 aliphatic carbocycles. The number of guanidine groups is 1. The number of carbonyl (C=O) groups excluding carboxylic acids is 1. The molecule has 1 aliphatic rings. The van der Waals surface area contributed by atoms with Crippen LogP contribution in [0.25, 0.3) is 0 Å². The lowest BCUT2D eigenvalue weighted by atomic mass is 9.87. The minimum absolute atomic E-state index is 0.0428. The summed E-state index contributed by atoms with van der Waals surface area (Å²) in [6, 6.07) is 10.6. The van der Waals surface area contributed by atoms with Crippen LogP contribution in [0.4, 0.5) is 0 Å². The zero-order valence-corrected chi connectivity index (χ0v) is 15.1. The topological polar surface area (TPSA) is 56.7 Å². The van der Waals surface area contributed by atoms with E-state index in [0.29, 0.717) is 12.6 Å². The maximum atomic E-state index is 11.8. The maximum absolute atomic E-state index is 11.8. The molecule has 2 N–H and O–H groups in total. The Balaban J connectivity index is 1.98. The molecule has 0 aliphatic heterocycles. The molecule has 1 amide bonds. The number of rotatable bonds is 5. The number of hydrogen-bond donors (Lipinski definition) is 2. The molecule has 1 fully saturated rings. The molecule has 0 heterocycles. The van der Waals surface area contributed by atoms with E-state index in [4.69, 9.17) is 0 Å². The zero-order chi connectivity index (χ0) is 17.4. The van der Waals surface area contributed by atoms with Crippen LogP contribution in [0.2, 0.25) is 0 Å². The van der Waals surface area contributed by atoms with E-state index < -0.39 is 0 Å². The quantitative estimate of drug-likeness (QED) is 0.644. The minimum Gasteiger partial charge on any atom is -0.354 e. The number of likely N-dealkylation sites (N-methyl/N-ethyl adjacent to an activating group) is 1. The Morgan fingerprint density at radius 3 is 2.67 bits per heavy atom. The SMILES string of the molecule is CC1CCCC(NC(=NCc2ccccc2)NCC(=O)N(C)C)C1. The van der Waals surface area contributed by atoms with Gasteiger partial charge in [-0.25, -0.2) is 4.99 Å². The van der Waals surface area contributed by atoms with Gasteiger partial charge >= 0.3 is 0 Å². The summed E-state index contributed by atoms with van der Waals surface area (Å²) in [6.45, 7) is 3.17. The van der Waals surface area contributed by atoms with Gasteiger partial charge in [0.1, 0.15) is 0 Å². The Morgan fingerprint density at radius 2 is 2.00 bits per heavy atom. The van der Waals surface area contributed by atoms with Crippen molar-refractivity contribution < 1.29 is 4.79 Å². The van der Waals surface area contributed by atoms with Crippen molar-refractivity contribution in [3.8, 4) is 0 Å². The number of carbonyl (C=O) groups is 1. The number of aliphatic imine (C=N–C) groups is 1. The lowest BCUT2D eigenvalue weighted by Gasteiger charge is -2.29. The Hall–Kier alpha value is -2.04. The first-order valence-corrected chi connectivity index (χ1v) is 8.83. The molecule has 24 heavy (non-hydrogen) atoms. The van der Waals surface area contributed by atoms with Crippen molar-refractivity contribution in [3.05, 3.63) is 35.9 Å². The predicted molar refractivity (Wildman–Crippen MR) is 98.8 cm³/mol. The van der Waals surface area contributed by atoms with E-state index in [1.54, 1.807) is 19.0 Å². The van der Waals surface area contributed by atoms with Gasteiger partial charge in [0, 0.05) is 20.1 Å². The van der Waals surface area contributed by atoms with E-state index in [1.165, 1.54) is 12.8 Å². The molecule has 0 radical (unpaired) electrons. The monoisotopic (exact) mass is 330 g/mol. The highest BCUT2D eigenvalue weighted by atomic mass is 16.2. The smallest absolute Gasteiger partial charge is 0.241 e. The molecular weight excluding hydrogens is 300 g/mol. The van der Waals surface area contributed by atoms with Crippen molar-refractivity contribution in [3.63, 3.8) is 0 Å². The number of amides is 1. The summed E-state index contributed by atoms with van der Waals surface area (Å²) in [5, 5.41) is 6.70.